The fraction of sp³-hybridized carbons (Fsp3) is 0.385. The van der Waals surface area contributed by atoms with Crippen molar-refractivity contribution in [1.82, 2.24) is 0 Å². The molecule has 1 rings (SSSR count). The van der Waals surface area contributed by atoms with E-state index in [0.29, 0.717) is 5.90 Å². The number of hydrogen-bond acceptors (Lipinski definition) is 3. The summed E-state index contributed by atoms with van der Waals surface area (Å²) >= 11 is 0. The van der Waals surface area contributed by atoms with Crippen molar-refractivity contribution in [2.24, 2.45) is 10.2 Å². The summed E-state index contributed by atoms with van der Waals surface area (Å²) in [6.07, 6.45) is 0. The lowest BCUT2D eigenvalue weighted by atomic mass is 10.2. The van der Waals surface area contributed by atoms with Crippen LogP contribution in [-0.4, -0.2) is 19.9 Å². The molecule has 0 unspecified atom stereocenters. The molecule has 0 saturated heterocycles. The zero-order valence-corrected chi connectivity index (χ0v) is 12.2. The molecule has 0 atom stereocenters. The Labute approximate surface area is 104 Å². The zero-order chi connectivity index (χ0) is 12.9. The van der Waals surface area contributed by atoms with E-state index in [1.165, 1.54) is 0 Å². The number of hydrogen-bond donors (Lipinski definition) is 0. The Morgan fingerprint density at radius 2 is 1.59 bits per heavy atom. The molecule has 0 fully saturated rings. The molecule has 0 aromatic heterocycles. The maximum Gasteiger partial charge on any atom is 0.244 e. The van der Waals surface area contributed by atoms with Crippen LogP contribution in [0, 0.1) is 0 Å². The van der Waals surface area contributed by atoms with Gasteiger partial charge < -0.3 is 4.43 Å². The maximum absolute atomic E-state index is 5.96. The molecule has 0 heterocycles. The van der Waals surface area contributed by atoms with Crippen LogP contribution in [0.5, 0.6) is 0 Å². The van der Waals surface area contributed by atoms with E-state index < -0.39 is 8.32 Å². The lowest BCUT2D eigenvalue weighted by Gasteiger charge is -2.19. The fourth-order valence-electron chi connectivity index (χ4n) is 1.15. The standard InChI is InChI=1S/C13H20N2OSi/c1-11(2)14-15-13(16-17(3,4)5)12-9-7-6-8-10-12/h6-10H,1-5H3/b15-13-. The third-order valence-corrected chi connectivity index (χ3v) is 2.57. The van der Waals surface area contributed by atoms with Gasteiger partial charge in [-0.15, -0.1) is 5.10 Å². The summed E-state index contributed by atoms with van der Waals surface area (Å²) in [5.74, 6) is 0.617. The first-order valence-corrected chi connectivity index (χ1v) is 9.12. The third-order valence-electron chi connectivity index (χ3n) is 1.76. The summed E-state index contributed by atoms with van der Waals surface area (Å²) in [5.41, 5.74) is 1.89. The molecule has 0 radical (unpaired) electrons. The molecule has 0 aliphatic rings. The minimum atomic E-state index is -1.68. The Morgan fingerprint density at radius 1 is 1.00 bits per heavy atom. The van der Waals surface area contributed by atoms with E-state index in [1.54, 1.807) is 0 Å². The van der Waals surface area contributed by atoms with Gasteiger partial charge in [-0.25, -0.2) is 0 Å². The van der Waals surface area contributed by atoms with E-state index in [0.717, 1.165) is 11.3 Å². The molecule has 92 valence electrons. The van der Waals surface area contributed by atoms with Crippen molar-refractivity contribution < 1.29 is 4.43 Å². The van der Waals surface area contributed by atoms with Crippen LogP contribution in [0.1, 0.15) is 19.4 Å². The maximum atomic E-state index is 5.96. The summed E-state index contributed by atoms with van der Waals surface area (Å²) in [7, 11) is -1.68. The lowest BCUT2D eigenvalue weighted by Crippen LogP contribution is -2.29. The Kier molecular flexibility index (Phi) is 4.63. The molecule has 0 aliphatic carbocycles. The quantitative estimate of drug-likeness (QED) is 0.348. The van der Waals surface area contributed by atoms with Crippen LogP contribution < -0.4 is 0 Å². The molecule has 4 heteroatoms. The predicted octanol–water partition coefficient (Wildman–Crippen LogP) is 3.68. The van der Waals surface area contributed by atoms with Crippen LogP contribution in [0.4, 0.5) is 0 Å². The van der Waals surface area contributed by atoms with Gasteiger partial charge in [0.25, 0.3) is 0 Å². The molecule has 0 N–H and O–H groups in total. The van der Waals surface area contributed by atoms with E-state index >= 15 is 0 Å². The topological polar surface area (TPSA) is 34.0 Å². The van der Waals surface area contributed by atoms with E-state index in [9.17, 15) is 0 Å². The molecule has 1 aromatic rings. The Balaban J connectivity index is 3.04. The summed E-state index contributed by atoms with van der Waals surface area (Å²) in [6, 6.07) is 9.89. The summed E-state index contributed by atoms with van der Waals surface area (Å²) in [4.78, 5) is 0. The van der Waals surface area contributed by atoms with Gasteiger partial charge in [0.2, 0.25) is 14.2 Å². The molecule has 0 spiro atoms. The van der Waals surface area contributed by atoms with Gasteiger partial charge in [0.1, 0.15) is 0 Å². The van der Waals surface area contributed by atoms with Gasteiger partial charge in [-0.05, 0) is 45.6 Å². The second-order valence-corrected chi connectivity index (χ2v) is 9.46. The van der Waals surface area contributed by atoms with E-state index in [-0.39, 0.29) is 0 Å². The van der Waals surface area contributed by atoms with Gasteiger partial charge in [-0.2, -0.15) is 5.10 Å². The molecule has 0 bridgehead atoms. The summed E-state index contributed by atoms with van der Waals surface area (Å²) in [6.45, 7) is 10.2. The number of nitrogens with zero attached hydrogens (tertiary/aromatic N) is 2. The van der Waals surface area contributed by atoms with Crippen molar-refractivity contribution in [2.45, 2.75) is 33.5 Å². The summed E-state index contributed by atoms with van der Waals surface area (Å²) < 4.78 is 5.96. The van der Waals surface area contributed by atoms with Crippen molar-refractivity contribution in [3.63, 3.8) is 0 Å². The zero-order valence-electron chi connectivity index (χ0n) is 11.2. The average molecular weight is 248 g/mol. The van der Waals surface area contributed by atoms with Crippen molar-refractivity contribution >= 4 is 19.9 Å². The Hall–Kier alpha value is -1.42. The summed E-state index contributed by atoms with van der Waals surface area (Å²) in [5, 5.41) is 8.28. The predicted molar refractivity (Wildman–Crippen MR) is 76.2 cm³/mol. The van der Waals surface area contributed by atoms with Crippen LogP contribution in [0.2, 0.25) is 19.6 Å². The first kappa shape index (κ1) is 13.6. The average Bonchev–Trinajstić information content (AvgIpc) is 2.24. The molecule has 0 saturated carbocycles. The van der Waals surface area contributed by atoms with E-state index in [4.69, 9.17) is 4.43 Å². The number of rotatable bonds is 3. The highest BCUT2D eigenvalue weighted by Crippen LogP contribution is 2.10. The van der Waals surface area contributed by atoms with Crippen LogP contribution in [0.3, 0.4) is 0 Å². The van der Waals surface area contributed by atoms with Gasteiger partial charge in [-0.1, -0.05) is 18.2 Å². The second-order valence-electron chi connectivity index (χ2n) is 5.03. The van der Waals surface area contributed by atoms with Gasteiger partial charge in [0.05, 0.1) is 0 Å². The van der Waals surface area contributed by atoms with Crippen LogP contribution in [-0.2, 0) is 4.43 Å². The van der Waals surface area contributed by atoms with Crippen LogP contribution >= 0.6 is 0 Å². The SMILES string of the molecule is CC(C)=N/N=C(\O[Si](C)(C)C)c1ccccc1. The van der Waals surface area contributed by atoms with Crippen molar-refractivity contribution in [3.05, 3.63) is 35.9 Å². The van der Waals surface area contributed by atoms with Gasteiger partial charge >= 0.3 is 0 Å². The third kappa shape index (κ3) is 5.45. The van der Waals surface area contributed by atoms with Crippen LogP contribution in [0.25, 0.3) is 0 Å². The molecule has 0 amide bonds. The lowest BCUT2D eigenvalue weighted by molar-refractivity contribution is 0.550. The largest absolute Gasteiger partial charge is 0.530 e. The Morgan fingerprint density at radius 3 is 2.06 bits per heavy atom. The smallest absolute Gasteiger partial charge is 0.244 e. The van der Waals surface area contributed by atoms with E-state index in [1.807, 2.05) is 44.2 Å². The van der Waals surface area contributed by atoms with Gasteiger partial charge in [-0.3, -0.25) is 0 Å². The van der Waals surface area contributed by atoms with Gasteiger partial charge in [0.15, 0.2) is 0 Å². The Bertz CT molecular complexity index is 415. The van der Waals surface area contributed by atoms with Crippen molar-refractivity contribution in [1.29, 1.82) is 0 Å². The number of benzene rings is 1. The van der Waals surface area contributed by atoms with E-state index in [2.05, 4.69) is 29.8 Å². The minimum absolute atomic E-state index is 0.617. The highest BCUT2D eigenvalue weighted by Gasteiger charge is 2.19. The van der Waals surface area contributed by atoms with Crippen molar-refractivity contribution in [3.8, 4) is 0 Å². The monoisotopic (exact) mass is 248 g/mol. The van der Waals surface area contributed by atoms with Gasteiger partial charge in [0, 0.05) is 11.3 Å². The fourth-order valence-corrected chi connectivity index (χ4v) is 1.89. The first-order valence-electron chi connectivity index (χ1n) is 5.72. The van der Waals surface area contributed by atoms with Crippen molar-refractivity contribution in [2.75, 3.05) is 0 Å². The highest BCUT2D eigenvalue weighted by atomic mass is 28.4. The molecule has 0 aliphatic heterocycles. The first-order chi connectivity index (χ1) is 7.88. The molecular formula is C13H20N2OSi. The molecule has 17 heavy (non-hydrogen) atoms. The second kappa shape index (κ2) is 5.77. The van der Waals surface area contributed by atoms with Crippen LogP contribution in [0.15, 0.2) is 40.5 Å². The normalized spacial score (nSPS) is 12.2. The molecular weight excluding hydrogens is 228 g/mol. The molecule has 1 aromatic carbocycles. The minimum Gasteiger partial charge on any atom is -0.530 e. The molecule has 3 nitrogen and oxygen atoms in total. The highest BCUT2D eigenvalue weighted by molar-refractivity contribution is 6.71.